The van der Waals surface area contributed by atoms with Gasteiger partial charge in [-0.1, -0.05) is 12.1 Å². The fourth-order valence-electron chi connectivity index (χ4n) is 2.72. The molecule has 0 aliphatic rings. The summed E-state index contributed by atoms with van der Waals surface area (Å²) < 4.78 is 18.5. The molecule has 0 radical (unpaired) electrons. The summed E-state index contributed by atoms with van der Waals surface area (Å²) in [6.07, 6.45) is 1.74. The molecule has 7 heteroatoms. The van der Waals surface area contributed by atoms with Crippen LogP contribution >= 0.6 is 0 Å². The Morgan fingerprint density at radius 1 is 1.07 bits per heavy atom. The minimum absolute atomic E-state index is 0.0647. The fraction of sp³-hybridized carbons (Fsp3) is 0.200. The van der Waals surface area contributed by atoms with Gasteiger partial charge in [0.2, 0.25) is 11.8 Å². The van der Waals surface area contributed by atoms with E-state index in [2.05, 4.69) is 15.6 Å². The summed E-state index contributed by atoms with van der Waals surface area (Å²) in [4.78, 5) is 27.0. The lowest BCUT2D eigenvalue weighted by Crippen LogP contribution is -2.37. The summed E-state index contributed by atoms with van der Waals surface area (Å²) in [7, 11) is 1.59. The van der Waals surface area contributed by atoms with Gasteiger partial charge in [-0.25, -0.2) is 4.39 Å². The Hall–Kier alpha value is -3.35. The molecule has 27 heavy (non-hydrogen) atoms. The maximum atomic E-state index is 13.4. The fourth-order valence-corrected chi connectivity index (χ4v) is 2.72. The topological polar surface area (TPSA) is 83.2 Å². The number of halogens is 1. The van der Waals surface area contributed by atoms with E-state index in [1.54, 1.807) is 19.4 Å². The smallest absolute Gasteiger partial charge is 0.239 e. The zero-order chi connectivity index (χ0) is 19.2. The largest absolute Gasteiger partial charge is 0.497 e. The number of nitrogens with one attached hydrogen (secondary N) is 3. The zero-order valence-corrected chi connectivity index (χ0v) is 14.8. The highest BCUT2D eigenvalue weighted by Crippen LogP contribution is 2.19. The first-order chi connectivity index (χ1) is 13.0. The molecule has 2 amide bonds. The minimum Gasteiger partial charge on any atom is -0.497 e. The van der Waals surface area contributed by atoms with E-state index in [4.69, 9.17) is 4.74 Å². The molecular weight excluding hydrogens is 349 g/mol. The molecule has 0 unspecified atom stereocenters. The van der Waals surface area contributed by atoms with Gasteiger partial charge in [0.1, 0.15) is 11.6 Å². The van der Waals surface area contributed by atoms with Crippen molar-refractivity contribution in [1.29, 1.82) is 0 Å². The maximum Gasteiger partial charge on any atom is 0.239 e. The quantitative estimate of drug-likeness (QED) is 0.598. The van der Waals surface area contributed by atoms with Gasteiger partial charge >= 0.3 is 0 Å². The lowest BCUT2D eigenvalue weighted by molar-refractivity contribution is -0.125. The summed E-state index contributed by atoms with van der Waals surface area (Å²) in [5, 5.41) is 5.97. The van der Waals surface area contributed by atoms with Crippen LogP contribution in [0, 0.1) is 5.82 Å². The predicted octanol–water partition coefficient (Wildman–Crippen LogP) is 2.29. The van der Waals surface area contributed by atoms with E-state index in [1.807, 2.05) is 24.3 Å². The number of rotatable bonds is 7. The third-order valence-corrected chi connectivity index (χ3v) is 4.18. The Bertz CT molecular complexity index is 951. The van der Waals surface area contributed by atoms with Crippen molar-refractivity contribution in [2.24, 2.45) is 0 Å². The number of H-pyrrole nitrogens is 1. The second kappa shape index (κ2) is 8.35. The number of aromatic amines is 1. The maximum absolute atomic E-state index is 13.4. The lowest BCUT2D eigenvalue weighted by atomic mass is 10.1. The number of carbonyl (C=O) groups excluding carboxylic acids is 2. The summed E-state index contributed by atoms with van der Waals surface area (Å²) >= 11 is 0. The molecule has 0 bridgehead atoms. The number of methoxy groups -OCH3 is 1. The highest BCUT2D eigenvalue weighted by Gasteiger charge is 2.11. The number of hydrogen-bond acceptors (Lipinski definition) is 3. The van der Waals surface area contributed by atoms with Gasteiger partial charge in [-0.15, -0.1) is 0 Å². The molecule has 0 saturated heterocycles. The molecule has 140 valence electrons. The average molecular weight is 369 g/mol. The molecule has 3 aromatic rings. The van der Waals surface area contributed by atoms with Crippen molar-refractivity contribution < 1.29 is 18.7 Å². The molecule has 0 atom stereocenters. The van der Waals surface area contributed by atoms with Gasteiger partial charge in [-0.05, 0) is 41.5 Å². The van der Waals surface area contributed by atoms with Crippen LogP contribution in [0.25, 0.3) is 10.9 Å². The van der Waals surface area contributed by atoms with E-state index in [0.29, 0.717) is 17.5 Å². The van der Waals surface area contributed by atoms with Gasteiger partial charge < -0.3 is 20.4 Å². The molecule has 0 fully saturated rings. The molecule has 1 heterocycles. The van der Waals surface area contributed by atoms with E-state index in [9.17, 15) is 14.0 Å². The molecule has 6 nitrogen and oxygen atoms in total. The van der Waals surface area contributed by atoms with Gasteiger partial charge in [-0.2, -0.15) is 0 Å². The molecule has 0 saturated carbocycles. The van der Waals surface area contributed by atoms with E-state index in [1.165, 1.54) is 12.1 Å². The molecule has 0 aliphatic heterocycles. The van der Waals surface area contributed by atoms with Crippen LogP contribution in [0.2, 0.25) is 0 Å². The second-order valence-electron chi connectivity index (χ2n) is 6.08. The third kappa shape index (κ3) is 4.84. The van der Waals surface area contributed by atoms with Crippen LogP contribution in [-0.4, -0.2) is 30.5 Å². The van der Waals surface area contributed by atoms with Crippen LogP contribution in [0.4, 0.5) is 4.39 Å². The van der Waals surface area contributed by atoms with Crippen LogP contribution in [0.3, 0.4) is 0 Å². The first-order valence-corrected chi connectivity index (χ1v) is 8.47. The minimum atomic E-state index is -0.360. The number of benzene rings is 2. The predicted molar refractivity (Wildman–Crippen MR) is 99.8 cm³/mol. The summed E-state index contributed by atoms with van der Waals surface area (Å²) in [5.74, 6) is -0.208. The van der Waals surface area contributed by atoms with Crippen LogP contribution in [0.1, 0.15) is 11.1 Å². The van der Waals surface area contributed by atoms with Crippen molar-refractivity contribution in [2.75, 3.05) is 13.7 Å². The van der Waals surface area contributed by atoms with Gasteiger partial charge in [0, 0.05) is 23.6 Å². The highest BCUT2D eigenvalue weighted by atomic mass is 19.1. The van der Waals surface area contributed by atoms with Crippen LogP contribution in [0.5, 0.6) is 5.75 Å². The van der Waals surface area contributed by atoms with Crippen molar-refractivity contribution in [3.8, 4) is 5.75 Å². The SMILES string of the molecule is COc1ccc(CNC(=O)CNC(=O)Cc2c[nH]c3ccc(F)cc23)cc1. The number of hydrogen-bond donors (Lipinski definition) is 3. The normalized spacial score (nSPS) is 10.6. The van der Waals surface area contributed by atoms with Crippen molar-refractivity contribution in [1.82, 2.24) is 15.6 Å². The highest BCUT2D eigenvalue weighted by molar-refractivity contribution is 5.90. The monoisotopic (exact) mass is 369 g/mol. The Balaban J connectivity index is 1.46. The molecule has 1 aromatic heterocycles. The van der Waals surface area contributed by atoms with Crippen molar-refractivity contribution in [2.45, 2.75) is 13.0 Å². The summed E-state index contributed by atoms with van der Waals surface area (Å²) in [6.45, 7) is 0.242. The van der Waals surface area contributed by atoms with Crippen LogP contribution < -0.4 is 15.4 Å². The van der Waals surface area contributed by atoms with Crippen LogP contribution in [0.15, 0.2) is 48.7 Å². The van der Waals surface area contributed by atoms with Crippen LogP contribution in [-0.2, 0) is 22.6 Å². The first kappa shape index (κ1) is 18.4. The number of amides is 2. The molecule has 0 aliphatic carbocycles. The second-order valence-corrected chi connectivity index (χ2v) is 6.08. The van der Waals surface area contributed by atoms with Gasteiger partial charge in [0.25, 0.3) is 0 Å². The Morgan fingerprint density at radius 3 is 2.59 bits per heavy atom. The van der Waals surface area contributed by atoms with E-state index >= 15 is 0 Å². The first-order valence-electron chi connectivity index (χ1n) is 8.47. The molecular formula is C20H20FN3O3. The summed E-state index contributed by atoms with van der Waals surface area (Å²) in [6, 6.07) is 11.7. The van der Waals surface area contributed by atoms with Crippen molar-refractivity contribution in [3.05, 3.63) is 65.6 Å². The number of carbonyl (C=O) groups is 2. The Morgan fingerprint density at radius 2 is 1.85 bits per heavy atom. The van der Waals surface area contributed by atoms with E-state index < -0.39 is 0 Å². The van der Waals surface area contributed by atoms with E-state index in [0.717, 1.165) is 16.8 Å². The van der Waals surface area contributed by atoms with Gasteiger partial charge in [-0.3, -0.25) is 9.59 Å². The number of aromatic nitrogens is 1. The van der Waals surface area contributed by atoms with Gasteiger partial charge in [0.15, 0.2) is 0 Å². The van der Waals surface area contributed by atoms with Gasteiger partial charge in [0.05, 0.1) is 20.1 Å². The number of ether oxygens (including phenoxy) is 1. The third-order valence-electron chi connectivity index (χ3n) is 4.18. The average Bonchev–Trinajstić information content (AvgIpc) is 3.07. The lowest BCUT2D eigenvalue weighted by Gasteiger charge is -2.08. The summed E-state index contributed by atoms with van der Waals surface area (Å²) in [5.41, 5.74) is 2.37. The zero-order valence-electron chi connectivity index (χ0n) is 14.8. The molecule has 3 rings (SSSR count). The molecule has 2 aromatic carbocycles. The number of fused-ring (bicyclic) bond motifs is 1. The Labute approximate surface area is 155 Å². The van der Waals surface area contributed by atoms with Crippen molar-refractivity contribution in [3.63, 3.8) is 0 Å². The van der Waals surface area contributed by atoms with Crippen molar-refractivity contribution >= 4 is 22.7 Å². The van der Waals surface area contributed by atoms with E-state index in [-0.39, 0.29) is 30.6 Å². The molecule has 3 N–H and O–H groups in total. The molecule has 0 spiro atoms. The standard InChI is InChI=1S/C20H20FN3O3/c1-27-16-5-2-13(3-6-16)10-23-20(26)12-24-19(25)8-14-11-22-18-7-4-15(21)9-17(14)18/h2-7,9,11,22H,8,10,12H2,1H3,(H,23,26)(H,24,25). The Kier molecular flexibility index (Phi) is 5.71.